The number of para-hydroxylation sites is 2. The Morgan fingerprint density at radius 3 is 1.77 bits per heavy atom. The number of benzene rings is 3. The third kappa shape index (κ3) is 4.48. The Morgan fingerprint density at radius 2 is 1.26 bits per heavy atom. The van der Waals surface area contributed by atoms with Crippen molar-refractivity contribution in [3.8, 4) is 11.5 Å². The van der Waals surface area contributed by atoms with Crippen LogP contribution in [0.15, 0.2) is 102 Å². The molecule has 7 heteroatoms. The van der Waals surface area contributed by atoms with E-state index < -0.39 is 5.92 Å². The van der Waals surface area contributed by atoms with E-state index in [-0.39, 0.29) is 18.4 Å². The lowest BCUT2D eigenvalue weighted by molar-refractivity contribution is -0.114. The van der Waals surface area contributed by atoms with Gasteiger partial charge in [0.2, 0.25) is 6.79 Å². The summed E-state index contributed by atoms with van der Waals surface area (Å²) in [6.45, 7) is 3.16. The summed E-state index contributed by atoms with van der Waals surface area (Å²) in [5, 5.41) is 10.00. The second kappa shape index (κ2) is 9.38. The number of ether oxygens (including phenoxy) is 2. The zero-order valence-corrected chi connectivity index (χ0v) is 19.4. The lowest BCUT2D eigenvalue weighted by Crippen LogP contribution is -2.37. The second-order valence-electron chi connectivity index (χ2n) is 8.34. The highest BCUT2D eigenvalue weighted by Crippen LogP contribution is 2.43. The van der Waals surface area contributed by atoms with Gasteiger partial charge in [0, 0.05) is 28.4 Å². The van der Waals surface area contributed by atoms with Crippen LogP contribution < -0.4 is 25.4 Å². The van der Waals surface area contributed by atoms with Crippen LogP contribution in [0.1, 0.15) is 25.3 Å². The molecule has 2 heterocycles. The molecule has 3 aromatic rings. The molecular formula is C28H25N3O4. The minimum absolute atomic E-state index is 0.136. The zero-order valence-electron chi connectivity index (χ0n) is 19.4. The van der Waals surface area contributed by atoms with Gasteiger partial charge in [0.05, 0.1) is 0 Å². The van der Waals surface area contributed by atoms with Crippen LogP contribution in [0.2, 0.25) is 0 Å². The van der Waals surface area contributed by atoms with Gasteiger partial charge in [0.1, 0.15) is 11.6 Å². The van der Waals surface area contributed by atoms with Crippen LogP contribution in [-0.4, -0.2) is 18.4 Å². The standard InChI is InChI=1S/C28H25N3O4/c1-17(32)24-26(19-13-14-22-23(15-19)35-16-34-22)25(18(2)33)28(30-21-11-7-4-8-12-21)31-27(24)29-20-9-5-3-6-10-20/h3-15,26,29-31H,16H2,1-2H3. The van der Waals surface area contributed by atoms with Gasteiger partial charge >= 0.3 is 0 Å². The van der Waals surface area contributed by atoms with Crippen molar-refractivity contribution >= 4 is 22.9 Å². The molecule has 3 N–H and O–H groups in total. The number of rotatable bonds is 7. The Labute approximate surface area is 203 Å². The maximum atomic E-state index is 13.1. The molecular weight excluding hydrogens is 442 g/mol. The molecule has 7 nitrogen and oxygen atoms in total. The molecule has 0 amide bonds. The summed E-state index contributed by atoms with van der Waals surface area (Å²) >= 11 is 0. The largest absolute Gasteiger partial charge is 0.454 e. The number of hydrogen-bond donors (Lipinski definition) is 3. The minimum atomic E-state index is -0.627. The molecule has 3 aromatic carbocycles. The van der Waals surface area contributed by atoms with Gasteiger partial charge in [-0.3, -0.25) is 9.59 Å². The maximum Gasteiger partial charge on any atom is 0.231 e. The van der Waals surface area contributed by atoms with Gasteiger partial charge in [0.25, 0.3) is 0 Å². The van der Waals surface area contributed by atoms with Crippen molar-refractivity contribution in [3.05, 3.63) is 107 Å². The number of ketones is 2. The number of anilines is 2. The van der Waals surface area contributed by atoms with Crippen molar-refractivity contribution in [1.82, 2.24) is 5.32 Å². The third-order valence-corrected chi connectivity index (χ3v) is 5.94. The first-order chi connectivity index (χ1) is 17.0. The number of carbonyl (C=O) groups excluding carboxylic acids is 2. The average molecular weight is 468 g/mol. The first-order valence-electron chi connectivity index (χ1n) is 11.3. The molecule has 0 saturated heterocycles. The summed E-state index contributed by atoms with van der Waals surface area (Å²) in [5.41, 5.74) is 3.28. The van der Waals surface area contributed by atoms with Crippen molar-refractivity contribution < 1.29 is 19.1 Å². The van der Waals surface area contributed by atoms with Gasteiger partial charge in [-0.2, -0.15) is 0 Å². The summed E-state index contributed by atoms with van der Waals surface area (Å²) in [5.74, 6) is 1.30. The zero-order chi connectivity index (χ0) is 24.4. The van der Waals surface area contributed by atoms with Gasteiger partial charge in [-0.05, 0) is 55.8 Å². The highest BCUT2D eigenvalue weighted by atomic mass is 16.7. The number of Topliss-reactive ketones (excluding diaryl/α,β-unsaturated/α-hetero) is 2. The van der Waals surface area contributed by atoms with Crippen molar-refractivity contribution in [2.75, 3.05) is 17.4 Å². The molecule has 2 aliphatic heterocycles. The van der Waals surface area contributed by atoms with E-state index in [1.807, 2.05) is 78.9 Å². The molecule has 0 fully saturated rings. The quantitative estimate of drug-likeness (QED) is 0.454. The topological polar surface area (TPSA) is 88.7 Å². The van der Waals surface area contributed by atoms with Crippen LogP contribution in [-0.2, 0) is 9.59 Å². The Morgan fingerprint density at radius 1 is 0.743 bits per heavy atom. The Bertz CT molecular complexity index is 1270. The van der Waals surface area contributed by atoms with Gasteiger partial charge in [-0.1, -0.05) is 42.5 Å². The molecule has 0 spiro atoms. The van der Waals surface area contributed by atoms with Crippen LogP contribution >= 0.6 is 0 Å². The molecule has 0 unspecified atom stereocenters. The number of hydrogen-bond acceptors (Lipinski definition) is 7. The van der Waals surface area contributed by atoms with Crippen LogP contribution in [0, 0.1) is 0 Å². The Hall–Kier alpha value is -4.52. The monoisotopic (exact) mass is 467 g/mol. The molecule has 0 radical (unpaired) electrons. The van der Waals surface area contributed by atoms with E-state index in [1.54, 1.807) is 0 Å². The van der Waals surface area contributed by atoms with Crippen molar-refractivity contribution in [1.29, 1.82) is 0 Å². The molecule has 0 bridgehead atoms. The number of allylic oxidation sites excluding steroid dienone is 2. The summed E-state index contributed by atoms with van der Waals surface area (Å²) in [4.78, 5) is 26.2. The van der Waals surface area contributed by atoms with E-state index in [0.717, 1.165) is 16.9 Å². The molecule has 0 aromatic heterocycles. The minimum Gasteiger partial charge on any atom is -0.454 e. The van der Waals surface area contributed by atoms with E-state index in [9.17, 15) is 9.59 Å². The first-order valence-corrected chi connectivity index (χ1v) is 11.3. The van der Waals surface area contributed by atoms with Gasteiger partial charge in [0.15, 0.2) is 23.1 Å². The molecule has 35 heavy (non-hydrogen) atoms. The lowest BCUT2D eigenvalue weighted by atomic mass is 9.79. The SMILES string of the molecule is CC(=O)C1=C(Nc2ccccc2)NC(Nc2ccccc2)=C(C(C)=O)C1c1ccc2c(c1)OCO2. The fourth-order valence-corrected chi connectivity index (χ4v) is 4.41. The van der Waals surface area contributed by atoms with Gasteiger partial charge in [-0.15, -0.1) is 0 Å². The van der Waals surface area contributed by atoms with Crippen molar-refractivity contribution in [2.45, 2.75) is 19.8 Å². The predicted octanol–water partition coefficient (Wildman–Crippen LogP) is 4.93. The van der Waals surface area contributed by atoms with E-state index >= 15 is 0 Å². The van der Waals surface area contributed by atoms with E-state index in [1.165, 1.54) is 13.8 Å². The predicted molar refractivity (Wildman–Crippen MR) is 134 cm³/mol. The third-order valence-electron chi connectivity index (χ3n) is 5.94. The average Bonchev–Trinajstić information content (AvgIpc) is 3.32. The van der Waals surface area contributed by atoms with E-state index in [2.05, 4.69) is 16.0 Å². The van der Waals surface area contributed by atoms with Crippen LogP contribution in [0.25, 0.3) is 0 Å². The highest BCUT2D eigenvalue weighted by molar-refractivity contribution is 6.04. The smallest absolute Gasteiger partial charge is 0.231 e. The first kappa shape index (κ1) is 22.3. The number of fused-ring (bicyclic) bond motifs is 1. The van der Waals surface area contributed by atoms with Crippen LogP contribution in [0.3, 0.4) is 0 Å². The summed E-state index contributed by atoms with van der Waals surface area (Å²) in [6, 6.07) is 24.7. The normalized spacial score (nSPS) is 15.0. The molecule has 2 aliphatic rings. The Kier molecular flexibility index (Phi) is 5.97. The van der Waals surface area contributed by atoms with E-state index in [0.29, 0.717) is 34.3 Å². The number of carbonyl (C=O) groups is 2. The second-order valence-corrected chi connectivity index (χ2v) is 8.34. The highest BCUT2D eigenvalue weighted by Gasteiger charge is 2.37. The molecule has 0 saturated carbocycles. The Balaban J connectivity index is 1.69. The van der Waals surface area contributed by atoms with Crippen LogP contribution in [0.4, 0.5) is 11.4 Å². The molecule has 0 aliphatic carbocycles. The fourth-order valence-electron chi connectivity index (χ4n) is 4.41. The molecule has 5 rings (SSSR count). The van der Waals surface area contributed by atoms with Crippen molar-refractivity contribution in [3.63, 3.8) is 0 Å². The maximum absolute atomic E-state index is 13.1. The van der Waals surface area contributed by atoms with Gasteiger partial charge in [-0.25, -0.2) is 0 Å². The van der Waals surface area contributed by atoms with Crippen molar-refractivity contribution in [2.24, 2.45) is 0 Å². The van der Waals surface area contributed by atoms with E-state index in [4.69, 9.17) is 9.47 Å². The van der Waals surface area contributed by atoms with Crippen LogP contribution in [0.5, 0.6) is 11.5 Å². The molecule has 0 atom stereocenters. The summed E-state index contributed by atoms with van der Waals surface area (Å²) in [6.07, 6.45) is 0. The fraction of sp³-hybridized carbons (Fsp3) is 0.143. The number of nitrogens with one attached hydrogen (secondary N) is 3. The molecule has 176 valence electrons. The lowest BCUT2D eigenvalue weighted by Gasteiger charge is -2.33. The summed E-state index contributed by atoms with van der Waals surface area (Å²) < 4.78 is 11.1. The summed E-state index contributed by atoms with van der Waals surface area (Å²) in [7, 11) is 0. The number of dihydropyridines is 1. The van der Waals surface area contributed by atoms with Gasteiger partial charge < -0.3 is 25.4 Å².